The summed E-state index contributed by atoms with van der Waals surface area (Å²) < 4.78 is 29.4. The lowest BCUT2D eigenvalue weighted by molar-refractivity contribution is -0.0663. The van der Waals surface area contributed by atoms with Crippen LogP contribution in [0, 0.1) is 0 Å². The molecule has 0 aliphatic rings. The largest absolute Gasteiger partial charge is 0.449 e. The molecular formula is C51H103NO6. The Bertz CT molecular complexity index is 836. The van der Waals surface area contributed by atoms with E-state index in [1.165, 1.54) is 193 Å². The summed E-state index contributed by atoms with van der Waals surface area (Å²) in [5.41, 5.74) is -0.601. The quantitative estimate of drug-likeness (QED) is 0.0616. The first-order valence-corrected chi connectivity index (χ1v) is 25.4. The number of nitrogens with one attached hydrogen (secondary N) is 1. The van der Waals surface area contributed by atoms with Gasteiger partial charge in [0.2, 0.25) is 0 Å². The first-order valence-electron chi connectivity index (χ1n) is 25.4. The minimum atomic E-state index is -0.412. The highest BCUT2D eigenvalue weighted by atomic mass is 16.6. The highest BCUT2D eigenvalue weighted by molar-refractivity contribution is 5.67. The molecule has 0 aromatic heterocycles. The molecule has 0 aromatic rings. The molecule has 7 nitrogen and oxygen atoms in total. The molecule has 0 saturated carbocycles. The van der Waals surface area contributed by atoms with Crippen molar-refractivity contribution in [2.24, 2.45) is 0 Å². The number of carbonyl (C=O) groups is 1. The number of hydrogen-bond donors (Lipinski definition) is 1. The molecule has 0 radical (unpaired) electrons. The van der Waals surface area contributed by atoms with Gasteiger partial charge in [-0.15, -0.1) is 0 Å². The van der Waals surface area contributed by atoms with Gasteiger partial charge < -0.3 is 29.0 Å². The third-order valence-electron chi connectivity index (χ3n) is 12.0. The van der Waals surface area contributed by atoms with Gasteiger partial charge in [0, 0.05) is 33.3 Å². The predicted molar refractivity (Wildman–Crippen MR) is 249 cm³/mol. The maximum absolute atomic E-state index is 12.6. The standard InChI is InChI=1S/C51H103NO6/c1-8-10-12-14-16-18-20-22-24-26-28-30-32-34-36-38-42-55-47-48(46-52-49(53)57-44-40-51(5,6)58-45-41-50(3,4)54-7)56-43-39-37-35-33-31-29-27-25-23-21-19-17-15-13-11-9-2/h48H,8-47H2,1-7H3,(H,52,53). The number of unbranched alkanes of at least 4 members (excludes halogenated alkanes) is 30. The smallest absolute Gasteiger partial charge is 0.407 e. The van der Waals surface area contributed by atoms with Crippen LogP contribution in [-0.2, 0) is 23.7 Å². The van der Waals surface area contributed by atoms with Gasteiger partial charge in [0.1, 0.15) is 0 Å². The Morgan fingerprint density at radius 3 is 1.22 bits per heavy atom. The molecule has 0 bridgehead atoms. The van der Waals surface area contributed by atoms with Crippen molar-refractivity contribution < 1.29 is 28.5 Å². The van der Waals surface area contributed by atoms with Gasteiger partial charge in [-0.05, 0) is 47.0 Å². The van der Waals surface area contributed by atoms with E-state index in [1.807, 2.05) is 13.8 Å². The fraction of sp³-hybridized carbons (Fsp3) is 0.980. The molecule has 1 unspecified atom stereocenters. The van der Waals surface area contributed by atoms with Gasteiger partial charge in [-0.2, -0.15) is 0 Å². The topological polar surface area (TPSA) is 75.3 Å². The molecule has 0 aliphatic heterocycles. The summed E-state index contributed by atoms with van der Waals surface area (Å²) in [7, 11) is 1.73. The first-order chi connectivity index (χ1) is 28.2. The van der Waals surface area contributed by atoms with Crippen LogP contribution >= 0.6 is 0 Å². The number of methoxy groups -OCH3 is 1. The van der Waals surface area contributed by atoms with Gasteiger partial charge in [-0.1, -0.05) is 206 Å². The van der Waals surface area contributed by atoms with Gasteiger partial charge in [-0.25, -0.2) is 4.79 Å². The summed E-state index contributed by atoms with van der Waals surface area (Å²) in [6.45, 7) is 16.0. The molecule has 348 valence electrons. The summed E-state index contributed by atoms with van der Waals surface area (Å²) in [4.78, 5) is 12.6. The van der Waals surface area contributed by atoms with Crippen molar-refractivity contribution in [1.82, 2.24) is 5.32 Å². The molecule has 0 fully saturated rings. The Kier molecular flexibility index (Phi) is 42.1. The summed E-state index contributed by atoms with van der Waals surface area (Å²) in [6, 6.07) is 0. The molecule has 0 rings (SSSR count). The molecule has 0 spiro atoms. The van der Waals surface area contributed by atoms with Crippen molar-refractivity contribution in [3.05, 3.63) is 0 Å². The fourth-order valence-corrected chi connectivity index (χ4v) is 7.42. The van der Waals surface area contributed by atoms with E-state index in [4.69, 9.17) is 23.7 Å². The third kappa shape index (κ3) is 43.2. The number of ether oxygens (including phenoxy) is 5. The second-order valence-electron chi connectivity index (χ2n) is 18.8. The van der Waals surface area contributed by atoms with Crippen LogP contribution in [0.15, 0.2) is 0 Å². The maximum Gasteiger partial charge on any atom is 0.407 e. The Morgan fingerprint density at radius 2 is 0.828 bits per heavy atom. The summed E-state index contributed by atoms with van der Waals surface area (Å²) >= 11 is 0. The van der Waals surface area contributed by atoms with E-state index in [2.05, 4.69) is 33.0 Å². The number of amides is 1. The predicted octanol–water partition coefficient (Wildman–Crippen LogP) is 15.6. The van der Waals surface area contributed by atoms with Crippen LogP contribution in [-0.4, -0.2) is 70.1 Å². The molecule has 1 N–H and O–H groups in total. The van der Waals surface area contributed by atoms with Crippen LogP contribution in [0.4, 0.5) is 4.79 Å². The summed E-state index contributed by atoms with van der Waals surface area (Å²) in [5, 5.41) is 2.93. The van der Waals surface area contributed by atoms with Gasteiger partial charge in [-0.3, -0.25) is 0 Å². The molecule has 58 heavy (non-hydrogen) atoms. The minimum absolute atomic E-state index is 0.172. The highest BCUT2D eigenvalue weighted by Crippen LogP contribution is 2.20. The van der Waals surface area contributed by atoms with Gasteiger partial charge in [0.25, 0.3) is 0 Å². The third-order valence-corrected chi connectivity index (χ3v) is 12.0. The van der Waals surface area contributed by atoms with Crippen molar-refractivity contribution in [2.45, 2.75) is 277 Å². The monoisotopic (exact) mass is 826 g/mol. The number of carbonyl (C=O) groups excluding carboxylic acids is 1. The zero-order valence-corrected chi connectivity index (χ0v) is 40.3. The average Bonchev–Trinajstić information content (AvgIpc) is 3.20. The lowest BCUT2D eigenvalue weighted by Gasteiger charge is -2.28. The van der Waals surface area contributed by atoms with E-state index in [9.17, 15) is 4.79 Å². The van der Waals surface area contributed by atoms with Crippen molar-refractivity contribution in [2.75, 3.05) is 46.7 Å². The lowest BCUT2D eigenvalue weighted by atomic mass is 10.0. The molecule has 0 heterocycles. The molecule has 0 saturated heterocycles. The number of rotatable bonds is 47. The van der Waals surface area contributed by atoms with Crippen LogP contribution in [0.1, 0.15) is 260 Å². The maximum atomic E-state index is 12.6. The molecule has 1 atom stereocenters. The van der Waals surface area contributed by atoms with E-state index in [1.54, 1.807) is 7.11 Å². The van der Waals surface area contributed by atoms with E-state index < -0.39 is 6.09 Å². The zero-order chi connectivity index (χ0) is 42.7. The Labute approximate surface area is 362 Å². The van der Waals surface area contributed by atoms with Crippen molar-refractivity contribution in [3.8, 4) is 0 Å². The highest BCUT2D eigenvalue weighted by Gasteiger charge is 2.22. The minimum Gasteiger partial charge on any atom is -0.449 e. The number of alkyl carbamates (subject to hydrolysis) is 1. The zero-order valence-electron chi connectivity index (χ0n) is 40.3. The molecule has 7 heteroatoms. The van der Waals surface area contributed by atoms with Crippen LogP contribution in [0.5, 0.6) is 0 Å². The van der Waals surface area contributed by atoms with Crippen molar-refractivity contribution in [3.63, 3.8) is 0 Å². The molecule has 0 aliphatic carbocycles. The van der Waals surface area contributed by atoms with Gasteiger partial charge in [0.15, 0.2) is 0 Å². The van der Waals surface area contributed by atoms with Gasteiger partial charge >= 0.3 is 6.09 Å². The summed E-state index contributed by atoms with van der Waals surface area (Å²) in [5.74, 6) is 0. The van der Waals surface area contributed by atoms with E-state index in [0.29, 0.717) is 39.4 Å². The lowest BCUT2D eigenvalue weighted by Crippen LogP contribution is -2.38. The van der Waals surface area contributed by atoms with Crippen molar-refractivity contribution >= 4 is 6.09 Å². The van der Waals surface area contributed by atoms with Crippen LogP contribution in [0.25, 0.3) is 0 Å². The average molecular weight is 826 g/mol. The number of hydrogen-bond acceptors (Lipinski definition) is 6. The molecule has 1 amide bonds. The normalized spacial score (nSPS) is 12.7. The Hall–Kier alpha value is -0.890. The van der Waals surface area contributed by atoms with E-state index in [0.717, 1.165) is 25.9 Å². The van der Waals surface area contributed by atoms with Crippen LogP contribution in [0.3, 0.4) is 0 Å². The second kappa shape index (κ2) is 42.8. The van der Waals surface area contributed by atoms with Crippen molar-refractivity contribution in [1.29, 1.82) is 0 Å². The van der Waals surface area contributed by atoms with E-state index in [-0.39, 0.29) is 17.3 Å². The van der Waals surface area contributed by atoms with Crippen LogP contribution < -0.4 is 5.32 Å². The second-order valence-corrected chi connectivity index (χ2v) is 18.8. The molecule has 0 aromatic carbocycles. The van der Waals surface area contributed by atoms with Gasteiger partial charge in [0.05, 0.1) is 37.1 Å². The summed E-state index contributed by atoms with van der Waals surface area (Å²) in [6.07, 6.45) is 44.4. The fourth-order valence-electron chi connectivity index (χ4n) is 7.42. The Balaban J connectivity index is 4.23. The van der Waals surface area contributed by atoms with Crippen LogP contribution in [0.2, 0.25) is 0 Å². The SMILES string of the molecule is CCCCCCCCCCCCCCCCCCOCC(CNC(=O)OCCC(C)(C)OCCC(C)(C)OC)OCCCCCCCCCCCCCCCCCC. The molecular weight excluding hydrogens is 723 g/mol. The Morgan fingerprint density at radius 1 is 0.466 bits per heavy atom. The first kappa shape index (κ1) is 57.1. The van der Waals surface area contributed by atoms with E-state index >= 15 is 0 Å².